The van der Waals surface area contributed by atoms with Gasteiger partial charge in [-0.1, -0.05) is 85.3 Å². The first-order valence-electron chi connectivity index (χ1n) is 12.0. The first kappa shape index (κ1) is 26.9. The Hall–Kier alpha value is -1.69. The van der Waals surface area contributed by atoms with E-state index in [1.54, 1.807) is 17.0 Å². The van der Waals surface area contributed by atoms with Gasteiger partial charge in [0.15, 0.2) is 0 Å². The molecule has 0 bridgehead atoms. The average molecular weight is 522 g/mol. The largest absolute Gasteiger partial charge is 0.352 e. The van der Waals surface area contributed by atoms with E-state index in [9.17, 15) is 9.59 Å². The number of nitrogens with zero attached hydrogens (tertiary/aromatic N) is 1. The number of hydrogen-bond acceptors (Lipinski definition) is 3. The summed E-state index contributed by atoms with van der Waals surface area (Å²) in [7, 11) is 0. The highest BCUT2D eigenvalue weighted by atomic mass is 35.5. The molecule has 1 aliphatic rings. The number of nitrogens with one attached hydrogen (secondary N) is 1. The average Bonchev–Trinajstić information content (AvgIpc) is 2.82. The van der Waals surface area contributed by atoms with Gasteiger partial charge >= 0.3 is 0 Å². The van der Waals surface area contributed by atoms with Crippen LogP contribution in [0.2, 0.25) is 10.0 Å². The Balaban J connectivity index is 1.70. The number of halogens is 2. The maximum Gasteiger partial charge on any atom is 0.243 e. The van der Waals surface area contributed by atoms with Crippen molar-refractivity contribution in [1.29, 1.82) is 0 Å². The summed E-state index contributed by atoms with van der Waals surface area (Å²) >= 11 is 13.8. The van der Waals surface area contributed by atoms with Crippen molar-refractivity contribution < 1.29 is 9.59 Å². The first-order valence-corrected chi connectivity index (χ1v) is 14.0. The number of benzene rings is 2. The van der Waals surface area contributed by atoms with Crippen molar-refractivity contribution >= 4 is 46.8 Å². The van der Waals surface area contributed by atoms with E-state index in [1.165, 1.54) is 23.7 Å². The van der Waals surface area contributed by atoms with Gasteiger partial charge in [-0.2, -0.15) is 0 Å². The van der Waals surface area contributed by atoms with Crippen LogP contribution in [0.3, 0.4) is 0 Å². The third-order valence-corrected chi connectivity index (χ3v) is 7.86. The predicted molar refractivity (Wildman–Crippen MR) is 143 cm³/mol. The maximum atomic E-state index is 13.4. The molecule has 1 N–H and O–H groups in total. The van der Waals surface area contributed by atoms with Crippen LogP contribution in [0, 0.1) is 6.92 Å². The van der Waals surface area contributed by atoms with Crippen LogP contribution in [0.5, 0.6) is 0 Å². The number of carbonyl (C=O) groups is 2. The zero-order chi connectivity index (χ0) is 24.5. The Labute approximate surface area is 217 Å². The van der Waals surface area contributed by atoms with E-state index in [-0.39, 0.29) is 23.6 Å². The van der Waals surface area contributed by atoms with E-state index in [2.05, 4.69) is 5.32 Å². The third kappa shape index (κ3) is 7.93. The van der Waals surface area contributed by atoms with Crippen molar-refractivity contribution in [2.24, 2.45) is 0 Å². The van der Waals surface area contributed by atoms with Crippen molar-refractivity contribution in [2.75, 3.05) is 5.75 Å². The minimum Gasteiger partial charge on any atom is -0.352 e. The maximum absolute atomic E-state index is 13.4. The van der Waals surface area contributed by atoms with Gasteiger partial charge < -0.3 is 10.2 Å². The molecule has 2 amide bonds. The molecule has 2 aromatic rings. The Morgan fingerprint density at radius 2 is 1.79 bits per heavy atom. The van der Waals surface area contributed by atoms with Crippen LogP contribution >= 0.6 is 35.0 Å². The molecule has 7 heteroatoms. The quantitative estimate of drug-likeness (QED) is 0.375. The summed E-state index contributed by atoms with van der Waals surface area (Å²) in [4.78, 5) is 28.4. The summed E-state index contributed by atoms with van der Waals surface area (Å²) in [5, 5.41) is 4.42. The lowest BCUT2D eigenvalue weighted by Crippen LogP contribution is -2.52. The first-order chi connectivity index (χ1) is 16.4. The highest BCUT2D eigenvalue weighted by Crippen LogP contribution is 2.25. The molecule has 184 valence electrons. The van der Waals surface area contributed by atoms with Crippen molar-refractivity contribution in [1.82, 2.24) is 10.2 Å². The van der Waals surface area contributed by atoms with Crippen LogP contribution in [0.15, 0.2) is 42.5 Å². The highest BCUT2D eigenvalue weighted by Gasteiger charge is 2.30. The molecule has 1 unspecified atom stereocenters. The molecule has 1 aliphatic carbocycles. The molecule has 34 heavy (non-hydrogen) atoms. The Bertz CT molecular complexity index is 962. The van der Waals surface area contributed by atoms with Crippen LogP contribution in [0.1, 0.15) is 62.1 Å². The van der Waals surface area contributed by atoms with Gasteiger partial charge in [0.2, 0.25) is 11.8 Å². The van der Waals surface area contributed by atoms with Gasteiger partial charge in [-0.15, -0.1) is 11.8 Å². The van der Waals surface area contributed by atoms with Gasteiger partial charge in [0.25, 0.3) is 0 Å². The lowest BCUT2D eigenvalue weighted by Gasteiger charge is -2.32. The monoisotopic (exact) mass is 520 g/mol. The van der Waals surface area contributed by atoms with E-state index in [4.69, 9.17) is 23.2 Å². The SMILES string of the molecule is CCC(C(=O)NC1CCCCC1)N(Cc1ccc(C)cc1)C(=O)CSCc1ccc(Cl)cc1Cl. The molecule has 0 heterocycles. The summed E-state index contributed by atoms with van der Waals surface area (Å²) in [6.07, 6.45) is 6.15. The van der Waals surface area contributed by atoms with Crippen LogP contribution in [-0.2, 0) is 21.9 Å². The van der Waals surface area contributed by atoms with Crippen LogP contribution in [-0.4, -0.2) is 34.6 Å². The second-order valence-electron chi connectivity index (χ2n) is 9.00. The van der Waals surface area contributed by atoms with Gasteiger partial charge in [-0.3, -0.25) is 9.59 Å². The number of carbonyl (C=O) groups excluding carboxylic acids is 2. The molecular weight excluding hydrogens is 487 g/mol. The second-order valence-corrected chi connectivity index (χ2v) is 10.8. The van der Waals surface area contributed by atoms with Gasteiger partial charge in [-0.05, 0) is 49.4 Å². The smallest absolute Gasteiger partial charge is 0.243 e. The lowest BCUT2D eigenvalue weighted by atomic mass is 9.95. The highest BCUT2D eigenvalue weighted by molar-refractivity contribution is 7.99. The van der Waals surface area contributed by atoms with Crippen LogP contribution in [0.25, 0.3) is 0 Å². The molecule has 4 nitrogen and oxygen atoms in total. The van der Waals surface area contributed by atoms with Crippen molar-refractivity contribution in [3.63, 3.8) is 0 Å². The summed E-state index contributed by atoms with van der Waals surface area (Å²) in [5.74, 6) is 0.797. The Kier molecular flexibility index (Phi) is 10.6. The Morgan fingerprint density at radius 3 is 2.44 bits per heavy atom. The Morgan fingerprint density at radius 1 is 1.09 bits per heavy atom. The fourth-order valence-corrected chi connectivity index (χ4v) is 5.79. The molecule has 3 rings (SSSR count). The van der Waals surface area contributed by atoms with E-state index in [0.29, 0.717) is 28.8 Å². The van der Waals surface area contributed by atoms with E-state index in [1.807, 2.05) is 44.2 Å². The zero-order valence-electron chi connectivity index (χ0n) is 20.0. The summed E-state index contributed by atoms with van der Waals surface area (Å²) in [6, 6.07) is 13.3. The number of rotatable bonds is 10. The molecule has 1 fully saturated rings. The normalized spacial score (nSPS) is 15.1. The summed E-state index contributed by atoms with van der Waals surface area (Å²) in [5.41, 5.74) is 3.13. The molecule has 0 radical (unpaired) electrons. The topological polar surface area (TPSA) is 49.4 Å². The van der Waals surface area contributed by atoms with E-state index < -0.39 is 6.04 Å². The van der Waals surface area contributed by atoms with Gasteiger partial charge in [-0.25, -0.2) is 0 Å². The molecule has 0 aliphatic heterocycles. The van der Waals surface area contributed by atoms with E-state index in [0.717, 1.165) is 36.8 Å². The summed E-state index contributed by atoms with van der Waals surface area (Å²) < 4.78 is 0. The lowest BCUT2D eigenvalue weighted by molar-refractivity contribution is -0.139. The molecule has 0 saturated heterocycles. The molecule has 2 aromatic carbocycles. The van der Waals surface area contributed by atoms with Gasteiger partial charge in [0.05, 0.1) is 5.75 Å². The van der Waals surface area contributed by atoms with Crippen molar-refractivity contribution in [3.8, 4) is 0 Å². The van der Waals surface area contributed by atoms with Gasteiger partial charge in [0.1, 0.15) is 6.04 Å². The van der Waals surface area contributed by atoms with Gasteiger partial charge in [0, 0.05) is 28.4 Å². The van der Waals surface area contributed by atoms with E-state index >= 15 is 0 Å². The molecular formula is C27H34Cl2N2O2S. The van der Waals surface area contributed by atoms with Crippen molar-refractivity contribution in [2.45, 2.75) is 76.8 Å². The molecule has 1 atom stereocenters. The minimum absolute atomic E-state index is 0.0405. The van der Waals surface area contributed by atoms with Crippen molar-refractivity contribution in [3.05, 3.63) is 69.2 Å². The number of hydrogen-bond donors (Lipinski definition) is 1. The second kappa shape index (κ2) is 13.4. The van der Waals surface area contributed by atoms with Crippen LogP contribution in [0.4, 0.5) is 0 Å². The zero-order valence-corrected chi connectivity index (χ0v) is 22.3. The molecule has 0 spiro atoms. The predicted octanol–water partition coefficient (Wildman–Crippen LogP) is 6.79. The third-order valence-electron chi connectivity index (χ3n) is 6.31. The fourth-order valence-electron chi connectivity index (χ4n) is 4.32. The number of amides is 2. The standard InChI is InChI=1S/C27H34Cl2N2O2S/c1-3-25(27(33)30-23-7-5-4-6-8-23)31(16-20-11-9-19(2)10-12-20)26(32)18-34-17-21-13-14-22(28)15-24(21)29/h9-15,23,25H,3-8,16-18H2,1-2H3,(H,30,33). The summed E-state index contributed by atoms with van der Waals surface area (Å²) in [6.45, 7) is 4.43. The van der Waals surface area contributed by atoms with Crippen LogP contribution < -0.4 is 5.32 Å². The number of aryl methyl sites for hydroxylation is 1. The number of thioether (sulfide) groups is 1. The molecule has 1 saturated carbocycles. The minimum atomic E-state index is -0.490. The fraction of sp³-hybridized carbons (Fsp3) is 0.481. The molecule has 0 aromatic heterocycles.